The molecule has 1 aliphatic rings. The Labute approximate surface area is 150 Å². The SMILES string of the molecule is C=CNC(/C=C/C)C(=C)CCC(=C)CCC(C)CC1=CCCCC1. The Morgan fingerprint density at radius 1 is 1.25 bits per heavy atom. The summed E-state index contributed by atoms with van der Waals surface area (Å²) in [5, 5.41) is 3.24. The fourth-order valence-electron chi connectivity index (χ4n) is 3.34. The minimum atomic E-state index is 0.192. The Balaban J connectivity index is 2.26. The molecule has 0 amide bonds. The van der Waals surface area contributed by atoms with Gasteiger partial charge in [-0.15, -0.1) is 0 Å². The molecule has 0 spiro atoms. The number of nitrogens with one attached hydrogen (secondary N) is 1. The zero-order valence-corrected chi connectivity index (χ0v) is 15.9. The highest BCUT2D eigenvalue weighted by atomic mass is 14.9. The zero-order chi connectivity index (χ0) is 17.8. The molecule has 134 valence electrons. The number of allylic oxidation sites excluding steroid dienone is 4. The van der Waals surface area contributed by atoms with E-state index in [2.05, 4.69) is 50.2 Å². The molecule has 0 bridgehead atoms. The number of hydrogen-bond acceptors (Lipinski definition) is 1. The van der Waals surface area contributed by atoms with Crippen LogP contribution in [0.5, 0.6) is 0 Å². The molecular weight excluding hydrogens is 290 g/mol. The van der Waals surface area contributed by atoms with E-state index in [0.29, 0.717) is 0 Å². The average molecular weight is 328 g/mol. The minimum Gasteiger partial charge on any atom is -0.381 e. The fraction of sp³-hybridized carbons (Fsp3) is 0.565. The maximum atomic E-state index is 4.28. The van der Waals surface area contributed by atoms with Gasteiger partial charge in [0.2, 0.25) is 0 Å². The summed E-state index contributed by atoms with van der Waals surface area (Å²) < 4.78 is 0. The smallest absolute Gasteiger partial charge is 0.0649 e. The molecule has 0 saturated heterocycles. The van der Waals surface area contributed by atoms with Gasteiger partial charge in [0.1, 0.15) is 0 Å². The summed E-state index contributed by atoms with van der Waals surface area (Å²) in [4.78, 5) is 0. The summed E-state index contributed by atoms with van der Waals surface area (Å²) >= 11 is 0. The normalized spacial score (nSPS) is 17.2. The summed E-state index contributed by atoms with van der Waals surface area (Å²) in [6.07, 6.45) is 19.5. The van der Waals surface area contributed by atoms with Crippen LogP contribution in [0.4, 0.5) is 0 Å². The number of hydrogen-bond donors (Lipinski definition) is 1. The van der Waals surface area contributed by atoms with E-state index in [-0.39, 0.29) is 6.04 Å². The van der Waals surface area contributed by atoms with E-state index < -0.39 is 0 Å². The molecule has 0 aromatic carbocycles. The van der Waals surface area contributed by atoms with Crippen LogP contribution >= 0.6 is 0 Å². The molecule has 0 aromatic rings. The highest BCUT2D eigenvalue weighted by Gasteiger charge is 2.11. The zero-order valence-electron chi connectivity index (χ0n) is 15.9. The fourth-order valence-corrected chi connectivity index (χ4v) is 3.34. The van der Waals surface area contributed by atoms with Crippen LogP contribution in [0.1, 0.15) is 71.6 Å². The van der Waals surface area contributed by atoms with Crippen LogP contribution in [0, 0.1) is 5.92 Å². The minimum absolute atomic E-state index is 0.192. The molecule has 1 N–H and O–H groups in total. The molecule has 2 unspecified atom stereocenters. The Morgan fingerprint density at radius 2 is 2.04 bits per heavy atom. The quantitative estimate of drug-likeness (QED) is 0.386. The standard InChI is InChI=1S/C23H37N/c1-6-11-23(24-7-2)21(5)17-16-19(3)14-15-20(4)18-22-12-9-8-10-13-22/h6-7,11-12,20,23-24H,2-3,5,8-10,13-18H2,1,4H3/b11-6+. The van der Waals surface area contributed by atoms with Crippen LogP contribution in [-0.4, -0.2) is 6.04 Å². The summed E-state index contributed by atoms with van der Waals surface area (Å²) in [6.45, 7) is 16.7. The molecule has 0 aromatic heterocycles. The van der Waals surface area contributed by atoms with Crippen molar-refractivity contribution in [2.24, 2.45) is 5.92 Å². The monoisotopic (exact) mass is 327 g/mol. The van der Waals surface area contributed by atoms with Crippen LogP contribution in [0.3, 0.4) is 0 Å². The van der Waals surface area contributed by atoms with Gasteiger partial charge in [-0.3, -0.25) is 0 Å². The third-order valence-electron chi connectivity index (χ3n) is 4.91. The van der Waals surface area contributed by atoms with Gasteiger partial charge in [-0.1, -0.05) is 61.6 Å². The van der Waals surface area contributed by atoms with Gasteiger partial charge >= 0.3 is 0 Å². The first-order valence-corrected chi connectivity index (χ1v) is 9.58. The van der Waals surface area contributed by atoms with E-state index in [1.54, 1.807) is 11.8 Å². The molecule has 1 aliphatic carbocycles. The Morgan fingerprint density at radius 3 is 2.67 bits per heavy atom. The number of rotatable bonds is 12. The van der Waals surface area contributed by atoms with Gasteiger partial charge in [0.15, 0.2) is 0 Å². The van der Waals surface area contributed by atoms with Crippen molar-refractivity contribution in [2.75, 3.05) is 0 Å². The van der Waals surface area contributed by atoms with Crippen molar-refractivity contribution < 1.29 is 0 Å². The topological polar surface area (TPSA) is 12.0 Å². The van der Waals surface area contributed by atoms with Crippen LogP contribution in [-0.2, 0) is 0 Å². The van der Waals surface area contributed by atoms with Gasteiger partial charge in [-0.05, 0) is 76.8 Å². The lowest BCUT2D eigenvalue weighted by Gasteiger charge is -2.19. The molecule has 0 radical (unpaired) electrons. The lowest BCUT2D eigenvalue weighted by atomic mass is 9.88. The van der Waals surface area contributed by atoms with Crippen molar-refractivity contribution in [1.82, 2.24) is 5.32 Å². The van der Waals surface area contributed by atoms with Crippen molar-refractivity contribution in [3.63, 3.8) is 0 Å². The first-order valence-electron chi connectivity index (χ1n) is 9.58. The molecule has 1 heteroatoms. The van der Waals surface area contributed by atoms with Crippen molar-refractivity contribution in [3.8, 4) is 0 Å². The maximum Gasteiger partial charge on any atom is 0.0649 e. The molecule has 2 atom stereocenters. The van der Waals surface area contributed by atoms with Crippen LogP contribution in [0.15, 0.2) is 60.9 Å². The van der Waals surface area contributed by atoms with Gasteiger partial charge in [0.25, 0.3) is 0 Å². The summed E-state index contributed by atoms with van der Waals surface area (Å²) in [5.74, 6) is 0.771. The second-order valence-corrected chi connectivity index (χ2v) is 7.24. The predicted molar refractivity (Wildman–Crippen MR) is 109 cm³/mol. The second kappa shape index (κ2) is 11.9. The van der Waals surface area contributed by atoms with Gasteiger partial charge in [-0.2, -0.15) is 0 Å². The van der Waals surface area contributed by atoms with Crippen molar-refractivity contribution in [1.29, 1.82) is 0 Å². The molecule has 0 aliphatic heterocycles. The lowest BCUT2D eigenvalue weighted by Crippen LogP contribution is -2.23. The first kappa shape index (κ1) is 20.5. The molecule has 24 heavy (non-hydrogen) atoms. The molecule has 1 rings (SSSR count). The van der Waals surface area contributed by atoms with Gasteiger partial charge in [0.05, 0.1) is 6.04 Å². The summed E-state index contributed by atoms with van der Waals surface area (Å²) in [5.41, 5.74) is 4.26. The Kier molecular flexibility index (Phi) is 10.2. The van der Waals surface area contributed by atoms with Crippen LogP contribution < -0.4 is 5.32 Å². The van der Waals surface area contributed by atoms with Gasteiger partial charge in [-0.25, -0.2) is 0 Å². The third kappa shape index (κ3) is 8.38. The Bertz CT molecular complexity index is 466. The molecule has 1 nitrogen and oxygen atoms in total. The average Bonchev–Trinajstić information content (AvgIpc) is 2.58. The summed E-state index contributed by atoms with van der Waals surface area (Å²) in [6, 6.07) is 0.192. The highest BCUT2D eigenvalue weighted by molar-refractivity contribution is 5.17. The van der Waals surface area contributed by atoms with Gasteiger partial charge < -0.3 is 5.32 Å². The molecule has 0 fully saturated rings. The predicted octanol–water partition coefficient (Wildman–Crippen LogP) is 6.86. The van der Waals surface area contributed by atoms with E-state index in [0.717, 1.165) is 25.2 Å². The van der Waals surface area contributed by atoms with E-state index in [1.165, 1.54) is 49.7 Å². The highest BCUT2D eigenvalue weighted by Crippen LogP contribution is 2.27. The van der Waals surface area contributed by atoms with E-state index in [1.807, 2.05) is 6.92 Å². The summed E-state index contributed by atoms with van der Waals surface area (Å²) in [7, 11) is 0. The van der Waals surface area contributed by atoms with Crippen molar-refractivity contribution >= 4 is 0 Å². The van der Waals surface area contributed by atoms with Gasteiger partial charge in [0, 0.05) is 0 Å². The largest absolute Gasteiger partial charge is 0.381 e. The lowest BCUT2D eigenvalue weighted by molar-refractivity contribution is 0.504. The second-order valence-electron chi connectivity index (χ2n) is 7.24. The molecule has 0 saturated carbocycles. The molecule has 0 heterocycles. The van der Waals surface area contributed by atoms with Crippen molar-refractivity contribution in [3.05, 3.63) is 60.9 Å². The Hall–Kier alpha value is -1.50. The van der Waals surface area contributed by atoms with E-state index in [4.69, 9.17) is 0 Å². The molecular formula is C23H37N. The van der Waals surface area contributed by atoms with E-state index >= 15 is 0 Å². The van der Waals surface area contributed by atoms with E-state index in [9.17, 15) is 0 Å². The van der Waals surface area contributed by atoms with Crippen molar-refractivity contribution in [2.45, 2.75) is 77.7 Å². The van der Waals surface area contributed by atoms with Crippen LogP contribution in [0.2, 0.25) is 0 Å². The third-order valence-corrected chi connectivity index (χ3v) is 4.91. The maximum absolute atomic E-state index is 4.28. The first-order chi connectivity index (χ1) is 11.6. The van der Waals surface area contributed by atoms with Crippen LogP contribution in [0.25, 0.3) is 0 Å².